The second kappa shape index (κ2) is 5.10. The van der Waals surface area contributed by atoms with Crippen LogP contribution in [0.2, 0.25) is 0 Å². The van der Waals surface area contributed by atoms with E-state index in [4.69, 9.17) is 0 Å². The number of hydrogen-bond donors (Lipinski definition) is 1. The topological polar surface area (TPSA) is 42.0 Å². The number of carbonyl (C=O) groups excluding carboxylic acids is 1. The molecule has 0 saturated carbocycles. The van der Waals surface area contributed by atoms with Crippen LogP contribution in [0.4, 0.5) is 5.82 Å². The molecule has 0 unspecified atom stereocenters. The van der Waals surface area contributed by atoms with Gasteiger partial charge in [0, 0.05) is 28.9 Å². The van der Waals surface area contributed by atoms with E-state index in [1.807, 2.05) is 6.07 Å². The summed E-state index contributed by atoms with van der Waals surface area (Å²) >= 11 is 6.76. The molecular weight excluding hydrogens is 336 g/mol. The number of carbonyl (C=O) groups is 1. The number of rotatable bonds is 2. The second-order valence-corrected chi connectivity index (χ2v) is 5.37. The maximum Gasteiger partial charge on any atom is 0.157 e. The SMILES string of the molecule is O=C1C=C(Nc2ncc(Br)cc2Br)CCC1. The van der Waals surface area contributed by atoms with Crippen LogP contribution < -0.4 is 5.32 Å². The number of allylic oxidation sites excluding steroid dienone is 2. The van der Waals surface area contributed by atoms with Gasteiger partial charge in [0.1, 0.15) is 5.82 Å². The largest absolute Gasteiger partial charge is 0.343 e. The number of nitrogens with one attached hydrogen (secondary N) is 1. The first-order valence-electron chi connectivity index (χ1n) is 4.96. The van der Waals surface area contributed by atoms with Crippen molar-refractivity contribution in [3.05, 3.63) is 33.0 Å². The van der Waals surface area contributed by atoms with Crippen molar-refractivity contribution in [1.29, 1.82) is 0 Å². The molecule has 0 atom stereocenters. The number of nitrogens with zero attached hydrogens (tertiary/aromatic N) is 1. The van der Waals surface area contributed by atoms with Gasteiger partial charge in [-0.15, -0.1) is 0 Å². The molecule has 3 nitrogen and oxygen atoms in total. The van der Waals surface area contributed by atoms with Crippen molar-refractivity contribution < 1.29 is 4.79 Å². The fourth-order valence-electron chi connectivity index (χ4n) is 1.55. The molecule has 1 heterocycles. The Morgan fingerprint density at radius 2 is 2.12 bits per heavy atom. The van der Waals surface area contributed by atoms with Crippen LogP contribution in [0, 0.1) is 0 Å². The normalized spacial score (nSPS) is 15.9. The van der Waals surface area contributed by atoms with Crippen LogP contribution in [0.5, 0.6) is 0 Å². The minimum Gasteiger partial charge on any atom is -0.343 e. The van der Waals surface area contributed by atoms with E-state index >= 15 is 0 Å². The van der Waals surface area contributed by atoms with Gasteiger partial charge in [0.15, 0.2) is 5.78 Å². The van der Waals surface area contributed by atoms with Gasteiger partial charge in [0.2, 0.25) is 0 Å². The van der Waals surface area contributed by atoms with Crippen LogP contribution in [-0.4, -0.2) is 10.8 Å². The average molecular weight is 346 g/mol. The van der Waals surface area contributed by atoms with Crippen molar-refractivity contribution in [3.63, 3.8) is 0 Å². The first-order valence-corrected chi connectivity index (χ1v) is 6.55. The number of pyridine rings is 1. The van der Waals surface area contributed by atoms with Gasteiger partial charge in [0.25, 0.3) is 0 Å². The Bertz CT molecular complexity index is 457. The van der Waals surface area contributed by atoms with Gasteiger partial charge in [-0.1, -0.05) is 0 Å². The molecule has 0 aromatic carbocycles. The third kappa shape index (κ3) is 2.92. The van der Waals surface area contributed by atoms with Gasteiger partial charge in [0.05, 0.1) is 4.47 Å². The van der Waals surface area contributed by atoms with E-state index in [9.17, 15) is 4.79 Å². The number of anilines is 1. The predicted molar refractivity (Wildman–Crippen MR) is 70.2 cm³/mol. The van der Waals surface area contributed by atoms with Crippen molar-refractivity contribution in [2.45, 2.75) is 19.3 Å². The van der Waals surface area contributed by atoms with Gasteiger partial charge in [-0.25, -0.2) is 4.98 Å². The number of hydrogen-bond acceptors (Lipinski definition) is 3. The maximum absolute atomic E-state index is 11.2. The van der Waals surface area contributed by atoms with Gasteiger partial charge < -0.3 is 5.32 Å². The lowest BCUT2D eigenvalue weighted by molar-refractivity contribution is -0.115. The van der Waals surface area contributed by atoms with E-state index in [1.54, 1.807) is 12.3 Å². The van der Waals surface area contributed by atoms with Crippen LogP contribution in [0.3, 0.4) is 0 Å². The summed E-state index contributed by atoms with van der Waals surface area (Å²) in [6.07, 6.45) is 5.85. The van der Waals surface area contributed by atoms with E-state index in [2.05, 4.69) is 42.2 Å². The summed E-state index contributed by atoms with van der Waals surface area (Å²) in [7, 11) is 0. The van der Waals surface area contributed by atoms with Crippen LogP contribution >= 0.6 is 31.9 Å². The molecule has 2 rings (SSSR count). The predicted octanol–water partition coefficient (Wildman–Crippen LogP) is 3.66. The fourth-order valence-corrected chi connectivity index (χ4v) is 2.64. The number of aromatic nitrogens is 1. The molecule has 0 saturated heterocycles. The highest BCUT2D eigenvalue weighted by molar-refractivity contribution is 9.11. The molecule has 1 aromatic rings. The zero-order chi connectivity index (χ0) is 11.5. The molecular formula is C11H10Br2N2O. The molecule has 0 radical (unpaired) electrons. The molecule has 1 N–H and O–H groups in total. The minimum atomic E-state index is 0.182. The zero-order valence-electron chi connectivity index (χ0n) is 8.46. The van der Waals surface area contributed by atoms with Crippen molar-refractivity contribution >= 4 is 43.5 Å². The summed E-state index contributed by atoms with van der Waals surface area (Å²) in [4.78, 5) is 15.5. The van der Waals surface area contributed by atoms with Crippen molar-refractivity contribution in [2.75, 3.05) is 5.32 Å². The Morgan fingerprint density at radius 3 is 2.81 bits per heavy atom. The van der Waals surface area contributed by atoms with E-state index < -0.39 is 0 Å². The summed E-state index contributed by atoms with van der Waals surface area (Å²) in [5.74, 6) is 0.922. The molecule has 1 aliphatic rings. The summed E-state index contributed by atoms with van der Waals surface area (Å²) in [5, 5.41) is 3.17. The molecule has 5 heteroatoms. The molecule has 0 amide bonds. The molecule has 1 aromatic heterocycles. The van der Waals surface area contributed by atoms with Crippen LogP contribution in [0.25, 0.3) is 0 Å². The van der Waals surface area contributed by atoms with Gasteiger partial charge in [-0.2, -0.15) is 0 Å². The van der Waals surface area contributed by atoms with Crippen LogP contribution in [-0.2, 0) is 4.79 Å². The van der Waals surface area contributed by atoms with Gasteiger partial charge in [-0.3, -0.25) is 4.79 Å². The monoisotopic (exact) mass is 344 g/mol. The van der Waals surface area contributed by atoms with Crippen molar-refractivity contribution in [1.82, 2.24) is 4.98 Å². The minimum absolute atomic E-state index is 0.182. The maximum atomic E-state index is 11.2. The Kier molecular flexibility index (Phi) is 3.76. The number of halogens is 2. The van der Waals surface area contributed by atoms with Crippen molar-refractivity contribution in [2.24, 2.45) is 0 Å². The van der Waals surface area contributed by atoms with E-state index in [-0.39, 0.29) is 5.78 Å². The first kappa shape index (κ1) is 11.8. The molecule has 0 fully saturated rings. The Hall–Kier alpha value is -0.680. The van der Waals surface area contributed by atoms with Crippen molar-refractivity contribution in [3.8, 4) is 0 Å². The quantitative estimate of drug-likeness (QED) is 0.889. The highest BCUT2D eigenvalue weighted by Gasteiger charge is 2.11. The van der Waals surface area contributed by atoms with Crippen LogP contribution in [0.15, 0.2) is 33.0 Å². The third-order valence-electron chi connectivity index (χ3n) is 2.29. The van der Waals surface area contributed by atoms with Gasteiger partial charge in [-0.05, 0) is 50.8 Å². The summed E-state index contributed by atoms with van der Waals surface area (Å²) in [6, 6.07) is 1.92. The molecule has 16 heavy (non-hydrogen) atoms. The van der Waals surface area contributed by atoms with Crippen LogP contribution in [0.1, 0.15) is 19.3 Å². The molecule has 0 aliphatic heterocycles. The van der Waals surface area contributed by atoms with E-state index in [1.165, 1.54) is 0 Å². The Labute approximate surface area is 111 Å². The Balaban J connectivity index is 2.17. The lowest BCUT2D eigenvalue weighted by Crippen LogP contribution is -2.10. The van der Waals surface area contributed by atoms with Gasteiger partial charge >= 0.3 is 0 Å². The summed E-state index contributed by atoms with van der Waals surface area (Å²) in [6.45, 7) is 0. The van der Waals surface area contributed by atoms with E-state index in [0.29, 0.717) is 6.42 Å². The summed E-state index contributed by atoms with van der Waals surface area (Å²) < 4.78 is 1.79. The lowest BCUT2D eigenvalue weighted by atomic mass is 10.0. The zero-order valence-corrected chi connectivity index (χ0v) is 11.6. The standard InChI is InChI=1S/C11H10Br2N2O/c12-7-4-10(13)11(14-6-7)15-8-2-1-3-9(16)5-8/h4-6H,1-3H2,(H,14,15). The Morgan fingerprint density at radius 1 is 1.31 bits per heavy atom. The smallest absolute Gasteiger partial charge is 0.157 e. The molecule has 0 bridgehead atoms. The summed E-state index contributed by atoms with van der Waals surface area (Å²) in [5.41, 5.74) is 0.937. The molecule has 1 aliphatic carbocycles. The molecule has 84 valence electrons. The fraction of sp³-hybridized carbons (Fsp3) is 0.273. The van der Waals surface area contributed by atoms with E-state index in [0.717, 1.165) is 33.3 Å². The first-order chi connectivity index (χ1) is 7.65. The highest BCUT2D eigenvalue weighted by atomic mass is 79.9. The second-order valence-electron chi connectivity index (χ2n) is 3.60. The highest BCUT2D eigenvalue weighted by Crippen LogP contribution is 2.26. The third-order valence-corrected chi connectivity index (χ3v) is 3.33. The average Bonchev–Trinajstić information content (AvgIpc) is 2.22. The molecule has 0 spiro atoms. The lowest BCUT2D eigenvalue weighted by Gasteiger charge is -2.14. The number of ketones is 1.